The monoisotopic (exact) mass is 300 g/mol. The highest BCUT2D eigenvalue weighted by Crippen LogP contribution is 2.14. The number of oxime groups is 1. The molecular formula is C15H14N3O4+. The van der Waals surface area contributed by atoms with Crippen LogP contribution in [0, 0.1) is 0 Å². The van der Waals surface area contributed by atoms with Gasteiger partial charge in [-0.15, -0.1) is 0 Å². The van der Waals surface area contributed by atoms with Crippen LogP contribution in [-0.4, -0.2) is 28.4 Å². The van der Waals surface area contributed by atoms with Crippen molar-refractivity contribution in [3.63, 3.8) is 0 Å². The zero-order valence-corrected chi connectivity index (χ0v) is 11.5. The number of nitrogens with zero attached hydrogens (tertiary/aromatic N) is 2. The first-order chi connectivity index (χ1) is 10.6. The number of nitrogens with one attached hydrogen (secondary N) is 1. The summed E-state index contributed by atoms with van der Waals surface area (Å²) in [5.74, 6) is -1.47. The molecule has 1 heterocycles. The number of hydrogen-bond acceptors (Lipinski definition) is 4. The molecule has 0 radical (unpaired) electrons. The maximum atomic E-state index is 12.0. The summed E-state index contributed by atoms with van der Waals surface area (Å²) in [4.78, 5) is 23.1. The first kappa shape index (κ1) is 15.2. The molecule has 0 saturated heterocycles. The largest absolute Gasteiger partial charge is 0.478 e. The number of hydrogen-bond donors (Lipinski definition) is 3. The molecule has 112 valence electrons. The average Bonchev–Trinajstić information content (AvgIpc) is 2.48. The summed E-state index contributed by atoms with van der Waals surface area (Å²) in [6, 6.07) is 9.60. The number of carbonyl (C=O) groups is 2. The quantitative estimate of drug-likeness (QED) is 0.333. The van der Waals surface area contributed by atoms with Crippen LogP contribution in [0.25, 0.3) is 0 Å². The molecular weight excluding hydrogens is 286 g/mol. The standard InChI is InChI=1S/C15H13N3O4/c19-14(10-18-7-3-4-11(9-18)8-16-22)17-13-6-2-1-5-12(13)15(20)21/h1-9H,10H2,(H2-,17,19,20,21,22)/p+1/b16-8+. The fraction of sp³-hybridized carbons (Fsp3) is 0.0667. The van der Waals surface area contributed by atoms with Crippen molar-refractivity contribution < 1.29 is 24.5 Å². The Morgan fingerprint density at radius 1 is 1.23 bits per heavy atom. The molecule has 0 bridgehead atoms. The molecule has 1 amide bonds. The molecule has 2 aromatic rings. The highest BCUT2D eigenvalue weighted by atomic mass is 16.4. The van der Waals surface area contributed by atoms with E-state index in [1.165, 1.54) is 18.3 Å². The van der Waals surface area contributed by atoms with Crippen LogP contribution in [-0.2, 0) is 11.3 Å². The van der Waals surface area contributed by atoms with Crippen molar-refractivity contribution in [1.82, 2.24) is 0 Å². The zero-order valence-electron chi connectivity index (χ0n) is 11.5. The molecule has 0 atom stereocenters. The van der Waals surface area contributed by atoms with Crippen LogP contribution in [0.2, 0.25) is 0 Å². The molecule has 7 nitrogen and oxygen atoms in total. The number of para-hydroxylation sites is 1. The Hall–Kier alpha value is -3.22. The molecule has 1 aromatic carbocycles. The lowest BCUT2D eigenvalue weighted by atomic mass is 10.2. The normalized spacial score (nSPS) is 10.5. The van der Waals surface area contributed by atoms with Gasteiger partial charge < -0.3 is 15.6 Å². The van der Waals surface area contributed by atoms with Crippen LogP contribution in [0.4, 0.5) is 5.69 Å². The van der Waals surface area contributed by atoms with E-state index in [9.17, 15) is 9.59 Å². The third-order valence-electron chi connectivity index (χ3n) is 2.85. The number of aromatic carboxylic acids is 1. The van der Waals surface area contributed by atoms with Gasteiger partial charge in [0, 0.05) is 6.07 Å². The maximum absolute atomic E-state index is 12.0. The molecule has 0 aliphatic heterocycles. The fourth-order valence-corrected chi connectivity index (χ4v) is 1.92. The summed E-state index contributed by atoms with van der Waals surface area (Å²) in [7, 11) is 0. The molecule has 1 aromatic heterocycles. The number of carboxylic acid groups (broad SMARTS) is 1. The highest BCUT2D eigenvalue weighted by molar-refractivity contribution is 6.00. The van der Waals surface area contributed by atoms with E-state index < -0.39 is 5.97 Å². The maximum Gasteiger partial charge on any atom is 0.337 e. The second kappa shape index (κ2) is 6.98. The molecule has 7 heteroatoms. The minimum Gasteiger partial charge on any atom is -0.478 e. The smallest absolute Gasteiger partial charge is 0.337 e. The molecule has 2 rings (SSSR count). The van der Waals surface area contributed by atoms with Gasteiger partial charge in [-0.2, -0.15) is 4.57 Å². The van der Waals surface area contributed by atoms with Crippen LogP contribution >= 0.6 is 0 Å². The van der Waals surface area contributed by atoms with Crippen molar-refractivity contribution in [3.8, 4) is 0 Å². The van der Waals surface area contributed by atoms with Crippen LogP contribution in [0.3, 0.4) is 0 Å². The Kier molecular flexibility index (Phi) is 4.81. The third kappa shape index (κ3) is 3.89. The van der Waals surface area contributed by atoms with E-state index in [2.05, 4.69) is 10.5 Å². The third-order valence-corrected chi connectivity index (χ3v) is 2.85. The van der Waals surface area contributed by atoms with Gasteiger partial charge in [0.2, 0.25) is 6.54 Å². The van der Waals surface area contributed by atoms with Gasteiger partial charge in [-0.3, -0.25) is 4.79 Å². The van der Waals surface area contributed by atoms with Crippen molar-refractivity contribution >= 4 is 23.8 Å². The van der Waals surface area contributed by atoms with Gasteiger partial charge in [-0.1, -0.05) is 17.3 Å². The molecule has 0 fully saturated rings. The van der Waals surface area contributed by atoms with Crippen molar-refractivity contribution in [2.24, 2.45) is 5.16 Å². The first-order valence-corrected chi connectivity index (χ1v) is 6.39. The van der Waals surface area contributed by atoms with E-state index in [0.29, 0.717) is 5.56 Å². The number of aromatic nitrogens is 1. The zero-order chi connectivity index (χ0) is 15.9. The molecule has 22 heavy (non-hydrogen) atoms. The van der Waals surface area contributed by atoms with Crippen molar-refractivity contribution in [2.75, 3.05) is 5.32 Å². The molecule has 0 aliphatic rings. The molecule has 0 spiro atoms. The molecule has 0 saturated carbocycles. The molecule has 3 N–H and O–H groups in total. The van der Waals surface area contributed by atoms with Gasteiger partial charge in [0.05, 0.1) is 23.0 Å². The van der Waals surface area contributed by atoms with Gasteiger partial charge in [0.15, 0.2) is 12.4 Å². The lowest BCUT2D eigenvalue weighted by Gasteiger charge is -2.06. The summed E-state index contributed by atoms with van der Waals surface area (Å²) in [6.07, 6.45) is 4.55. The summed E-state index contributed by atoms with van der Waals surface area (Å²) >= 11 is 0. The summed E-state index contributed by atoms with van der Waals surface area (Å²) in [6.45, 7) is 0.00105. The molecule has 0 aliphatic carbocycles. The van der Waals surface area contributed by atoms with E-state index in [-0.39, 0.29) is 23.7 Å². The first-order valence-electron chi connectivity index (χ1n) is 6.39. The SMILES string of the molecule is O=C(C[n+]1cccc(/C=N/O)c1)Nc1ccccc1C(=O)O. The summed E-state index contributed by atoms with van der Waals surface area (Å²) < 4.78 is 1.59. The van der Waals surface area contributed by atoms with Crippen molar-refractivity contribution in [2.45, 2.75) is 6.54 Å². The van der Waals surface area contributed by atoms with Crippen molar-refractivity contribution in [1.29, 1.82) is 0 Å². The Morgan fingerprint density at radius 3 is 2.73 bits per heavy atom. The highest BCUT2D eigenvalue weighted by Gasteiger charge is 2.14. The topological polar surface area (TPSA) is 103 Å². The number of anilines is 1. The number of carbonyl (C=O) groups excluding carboxylic acids is 1. The Labute approximate surface area is 126 Å². The minimum atomic E-state index is -1.11. The van der Waals surface area contributed by atoms with Crippen LogP contribution in [0.15, 0.2) is 53.9 Å². The van der Waals surface area contributed by atoms with E-state index in [1.54, 1.807) is 41.2 Å². The van der Waals surface area contributed by atoms with E-state index in [4.69, 9.17) is 10.3 Å². The predicted octanol–water partition coefficient (Wildman–Crippen LogP) is 1.12. The lowest BCUT2D eigenvalue weighted by Crippen LogP contribution is -2.40. The van der Waals surface area contributed by atoms with Crippen LogP contribution < -0.4 is 9.88 Å². The average molecular weight is 300 g/mol. The fourth-order valence-electron chi connectivity index (χ4n) is 1.92. The Balaban J connectivity index is 2.11. The van der Waals surface area contributed by atoms with Gasteiger partial charge in [-0.25, -0.2) is 4.79 Å². The van der Waals surface area contributed by atoms with Gasteiger partial charge >= 0.3 is 5.97 Å². The second-order valence-corrected chi connectivity index (χ2v) is 4.45. The second-order valence-electron chi connectivity index (χ2n) is 4.45. The lowest BCUT2D eigenvalue weighted by molar-refractivity contribution is -0.684. The number of carboxylic acids is 1. The molecule has 0 unspecified atom stereocenters. The van der Waals surface area contributed by atoms with Gasteiger partial charge in [0.1, 0.15) is 0 Å². The number of pyridine rings is 1. The van der Waals surface area contributed by atoms with E-state index >= 15 is 0 Å². The van der Waals surface area contributed by atoms with Gasteiger partial charge in [0.25, 0.3) is 5.91 Å². The Bertz CT molecular complexity index is 728. The Morgan fingerprint density at radius 2 is 2.00 bits per heavy atom. The van der Waals surface area contributed by atoms with Gasteiger partial charge in [-0.05, 0) is 18.2 Å². The van der Waals surface area contributed by atoms with Crippen LogP contribution in [0.5, 0.6) is 0 Å². The van der Waals surface area contributed by atoms with E-state index in [0.717, 1.165) is 0 Å². The number of amides is 1. The van der Waals surface area contributed by atoms with Crippen molar-refractivity contribution in [3.05, 3.63) is 59.9 Å². The number of rotatable bonds is 5. The number of benzene rings is 1. The predicted molar refractivity (Wildman–Crippen MR) is 78.0 cm³/mol. The summed E-state index contributed by atoms with van der Waals surface area (Å²) in [5, 5.41) is 23.1. The minimum absolute atomic E-state index is 0.00105. The van der Waals surface area contributed by atoms with Crippen LogP contribution in [0.1, 0.15) is 15.9 Å². The van der Waals surface area contributed by atoms with E-state index in [1.807, 2.05) is 0 Å². The summed E-state index contributed by atoms with van der Waals surface area (Å²) in [5.41, 5.74) is 0.902.